The second-order valence-electron chi connectivity index (χ2n) is 22.0. The Morgan fingerprint density at radius 3 is 1.47 bits per heavy atom. The number of hydrogen-bond donors (Lipinski definition) is 7. The molecule has 400 valence electrons. The third kappa shape index (κ3) is 6.76. The molecule has 6 aliphatic heterocycles. The summed E-state index contributed by atoms with van der Waals surface area (Å²) in [4.78, 5) is 31.9. The normalized spacial score (nSPS) is 35.6. The van der Waals surface area contributed by atoms with Crippen LogP contribution in [0.4, 0.5) is 0 Å². The summed E-state index contributed by atoms with van der Waals surface area (Å²) in [7, 11) is 3.32. The molecule has 18 nitrogen and oxygen atoms in total. The molecule has 19 heteroatoms. The first kappa shape index (κ1) is 51.8. The van der Waals surface area contributed by atoms with E-state index in [-0.39, 0.29) is 62.4 Å². The number of benzene rings is 3. The maximum Gasteiger partial charge on any atom is 0.394 e. The number of piperidine rings is 3. The maximum atomic E-state index is 12.5. The summed E-state index contributed by atoms with van der Waals surface area (Å²) < 4.78 is 55.8. The first-order valence-electron chi connectivity index (χ1n) is 25.2. The Labute approximate surface area is 435 Å². The first-order chi connectivity index (χ1) is 35.3. The molecule has 75 heavy (non-hydrogen) atoms. The highest BCUT2D eigenvalue weighted by atomic mass is 32.3. The summed E-state index contributed by atoms with van der Waals surface area (Å²) >= 11 is 0. The van der Waals surface area contributed by atoms with E-state index in [4.69, 9.17) is 36.5 Å². The third-order valence-corrected chi connectivity index (χ3v) is 19.0. The molecule has 3 spiro atoms. The smallest absolute Gasteiger partial charge is 0.394 e. The topological polar surface area (TPSA) is 257 Å². The minimum absolute atomic E-state index is 0. The minimum atomic E-state index is -4.67. The van der Waals surface area contributed by atoms with Crippen LogP contribution in [0.2, 0.25) is 0 Å². The number of allylic oxidation sites excluding steroid dienone is 2. The van der Waals surface area contributed by atoms with Gasteiger partial charge in [-0.25, -0.2) is 0 Å². The lowest BCUT2D eigenvalue weighted by atomic mass is 9.51. The molecule has 6 heterocycles. The number of ketones is 2. The molecule has 0 aromatic heterocycles. The predicted molar refractivity (Wildman–Crippen MR) is 272 cm³/mol. The number of likely N-dealkylation sites (tertiary alicyclic amines) is 3. The molecule has 0 radical (unpaired) electrons. The van der Waals surface area contributed by atoms with Gasteiger partial charge >= 0.3 is 10.4 Å². The third-order valence-electron chi connectivity index (χ3n) is 19.0. The van der Waals surface area contributed by atoms with Gasteiger partial charge in [0, 0.05) is 51.5 Å². The Morgan fingerprint density at radius 2 is 1.03 bits per heavy atom. The molecular formula is C56H65N3O15S. The zero-order valence-electron chi connectivity index (χ0n) is 41.5. The Hall–Kier alpha value is -5.29. The minimum Gasteiger partial charge on any atom is -0.497 e. The summed E-state index contributed by atoms with van der Waals surface area (Å²) in [6, 6.07) is 12.3. The second kappa shape index (κ2) is 17.6. The lowest BCUT2D eigenvalue weighted by Gasteiger charge is -2.60. The van der Waals surface area contributed by atoms with Crippen molar-refractivity contribution in [3.8, 4) is 17.2 Å². The fourth-order valence-electron chi connectivity index (χ4n) is 15.8. The number of hydrogen-bond acceptors (Lipinski definition) is 16. The fraction of sp³-hybridized carbons (Fsp3) is 0.500. The van der Waals surface area contributed by atoms with Crippen molar-refractivity contribution in [3.05, 3.63) is 134 Å². The van der Waals surface area contributed by atoms with Gasteiger partial charge in [0.25, 0.3) is 0 Å². The number of rotatable bonds is 4. The van der Waals surface area contributed by atoms with Crippen LogP contribution in [0.3, 0.4) is 0 Å². The van der Waals surface area contributed by atoms with E-state index in [1.54, 1.807) is 19.3 Å². The van der Waals surface area contributed by atoms with Crippen LogP contribution >= 0.6 is 0 Å². The molecular weight excluding hydrogens is 987 g/mol. The van der Waals surface area contributed by atoms with Gasteiger partial charge in [-0.15, -0.1) is 0 Å². The molecule has 3 saturated heterocycles. The average Bonchev–Trinajstić information content (AvgIpc) is 4.20. The van der Waals surface area contributed by atoms with Gasteiger partial charge in [-0.2, -0.15) is 8.42 Å². The van der Waals surface area contributed by atoms with Crippen molar-refractivity contribution in [3.63, 3.8) is 0 Å². The summed E-state index contributed by atoms with van der Waals surface area (Å²) in [6.07, 6.45) is 14.0. The van der Waals surface area contributed by atoms with Gasteiger partial charge in [0.1, 0.15) is 34.2 Å². The van der Waals surface area contributed by atoms with Crippen molar-refractivity contribution in [2.24, 2.45) is 0 Å². The van der Waals surface area contributed by atoms with Crippen LogP contribution in [0.5, 0.6) is 17.2 Å². The van der Waals surface area contributed by atoms with E-state index in [2.05, 4.69) is 40.0 Å². The van der Waals surface area contributed by atoms with Gasteiger partial charge < -0.3 is 44.5 Å². The largest absolute Gasteiger partial charge is 0.497 e. The van der Waals surface area contributed by atoms with Gasteiger partial charge in [-0.1, -0.05) is 49.9 Å². The molecule has 3 fully saturated rings. The van der Waals surface area contributed by atoms with Crippen LogP contribution in [0.15, 0.2) is 84.2 Å². The Morgan fingerprint density at radius 1 is 0.613 bits per heavy atom. The van der Waals surface area contributed by atoms with Crippen molar-refractivity contribution < 1.29 is 71.6 Å². The molecule has 6 bridgehead atoms. The molecule has 0 unspecified atom stereocenters. The first-order valence-corrected chi connectivity index (χ1v) is 26.6. The van der Waals surface area contributed by atoms with Crippen LogP contribution in [-0.4, -0.2) is 165 Å². The summed E-state index contributed by atoms with van der Waals surface area (Å²) in [5, 5.41) is 52.3. The van der Waals surface area contributed by atoms with Crippen LogP contribution in [-0.2, 0) is 80.1 Å². The van der Waals surface area contributed by atoms with E-state index in [0.717, 1.165) is 84.6 Å². The molecule has 11 atom stereocenters. The van der Waals surface area contributed by atoms with E-state index in [1.807, 2.05) is 44.4 Å². The summed E-state index contributed by atoms with van der Waals surface area (Å²) in [6.45, 7) is 2.44. The quantitative estimate of drug-likeness (QED) is 0.185. The number of carbonyl (C=O) groups is 2. The van der Waals surface area contributed by atoms with E-state index in [1.165, 1.54) is 28.9 Å². The number of nitrogens with zero attached hydrogens (tertiary/aromatic N) is 3. The zero-order chi connectivity index (χ0) is 52.2. The van der Waals surface area contributed by atoms with E-state index >= 15 is 0 Å². The molecule has 15 rings (SSSR count). The molecule has 7 N–H and O–H groups in total. The van der Waals surface area contributed by atoms with Crippen molar-refractivity contribution in [1.82, 2.24) is 14.7 Å². The highest BCUT2D eigenvalue weighted by Crippen LogP contribution is 2.65. The monoisotopic (exact) mass is 1050 g/mol. The van der Waals surface area contributed by atoms with Crippen LogP contribution in [0.25, 0.3) is 0 Å². The molecule has 3 aromatic rings. The lowest BCUT2D eigenvalue weighted by molar-refractivity contribution is -0.151. The van der Waals surface area contributed by atoms with Crippen LogP contribution in [0.1, 0.15) is 76.8 Å². The average molecular weight is 1050 g/mol. The predicted octanol–water partition coefficient (Wildman–Crippen LogP) is 2.51. The van der Waals surface area contributed by atoms with E-state index < -0.39 is 44.6 Å². The molecule has 0 saturated carbocycles. The zero-order valence-corrected chi connectivity index (χ0v) is 42.3. The number of methoxy groups -OCH3 is 1. The van der Waals surface area contributed by atoms with Crippen molar-refractivity contribution in [2.75, 3.05) is 47.9 Å². The van der Waals surface area contributed by atoms with Crippen LogP contribution in [0, 0.1) is 0 Å². The highest BCUT2D eigenvalue weighted by Gasteiger charge is 2.73. The van der Waals surface area contributed by atoms with Crippen molar-refractivity contribution >= 4 is 22.0 Å². The number of carbonyl (C=O) groups excluding carboxylic acids is 2. The van der Waals surface area contributed by atoms with E-state index in [0.29, 0.717) is 41.5 Å². The number of aliphatic hydroxyl groups excluding tert-OH is 3. The molecule has 3 aromatic carbocycles. The number of likely N-dealkylation sites (N-methyl/N-ethyl adjacent to an activating group) is 3. The second-order valence-corrected chi connectivity index (χ2v) is 22.9. The van der Waals surface area contributed by atoms with E-state index in [9.17, 15) is 35.1 Å². The summed E-state index contributed by atoms with van der Waals surface area (Å²) in [5.41, 5.74) is 6.83. The highest BCUT2D eigenvalue weighted by molar-refractivity contribution is 7.79. The summed E-state index contributed by atoms with van der Waals surface area (Å²) in [5.74, 6) is 2.84. The Bertz CT molecular complexity index is 3050. The fourth-order valence-corrected chi connectivity index (χ4v) is 15.8. The van der Waals surface area contributed by atoms with Gasteiger partial charge in [0.2, 0.25) is 0 Å². The Balaban J connectivity index is 0.000000114. The Kier molecular flexibility index (Phi) is 12.2. The van der Waals surface area contributed by atoms with Crippen molar-refractivity contribution in [2.45, 2.75) is 130 Å². The SMILES string of the molecule is C.CN1CC[C@]23c4c5ccc(CO)c4O[C@H]2C(=O)C=C[C@@]3(O)[C@H]1C5.CN1CC[C@]23c4c5ccc(CO)c4O[C@H]2C(=O)C=C[C@@]3(O)[C@H]1C5.COC1=CC=C2[C@H]3Cc4ccc(CO)c5c4[C@@]2(CCN3C)[C@H]1O5.O=S(=O)(O)O. The molecule has 0 amide bonds. The van der Waals surface area contributed by atoms with Gasteiger partial charge in [-0.3, -0.25) is 33.4 Å². The lowest BCUT2D eigenvalue weighted by Crippen LogP contribution is -2.74. The standard InChI is InChI=1S/C19H21NO3.2C18H19NO4.CH4.H2O4S/c1-20-8-7-19-13-5-6-15(22-2)18(19)23-17-12(10-21)4-3-11(16(17)19)9-14(13)20;2*1-19-7-6-17-14-10-2-3-11(9-20)15(14)23-16(17)12(21)4-5-18(17,22)13(19)8-10;;1-5(2,3)4/h3-6,14,18,21H,7-10H2,1-2H3;2*2-5,13,16,20,22H,6-9H2,1H3;1H4;(H2,1,2,3,4)/t14-,18+,19+;2*13-,16+,17+,18-;;/m111../s1. The van der Waals surface area contributed by atoms with Gasteiger partial charge in [0.05, 0.1) is 43.2 Å². The maximum absolute atomic E-state index is 12.5. The number of ether oxygens (including phenoxy) is 4. The van der Waals surface area contributed by atoms with Gasteiger partial charge in [0.15, 0.2) is 29.9 Å². The molecule has 6 aliphatic carbocycles. The number of aliphatic hydroxyl groups is 5. The molecule has 12 aliphatic rings. The van der Waals surface area contributed by atoms with Gasteiger partial charge in [-0.05, 0) is 132 Å². The van der Waals surface area contributed by atoms with Crippen molar-refractivity contribution in [1.29, 1.82) is 0 Å². The van der Waals surface area contributed by atoms with Crippen LogP contribution < -0.4 is 14.2 Å².